The molecule has 0 unspecified atom stereocenters. The monoisotopic (exact) mass is 510 g/mol. The van der Waals surface area contributed by atoms with Crippen molar-refractivity contribution in [3.05, 3.63) is 71.1 Å². The minimum atomic E-state index is -1.17. The molecule has 1 aliphatic carbocycles. The van der Waals surface area contributed by atoms with Gasteiger partial charge >= 0.3 is 6.15 Å². The molecule has 2 aromatic rings. The van der Waals surface area contributed by atoms with Crippen molar-refractivity contribution in [1.29, 1.82) is 0 Å². The van der Waals surface area contributed by atoms with Crippen molar-refractivity contribution in [2.75, 3.05) is 31.1 Å². The van der Waals surface area contributed by atoms with Crippen LogP contribution in [0.2, 0.25) is 0 Å². The standard InChI is InChI=1S/C30H30N2O3.CO2/c1-30(2,3)19-6-9-22(29(33)34)25(16-19)28-23-10-7-20(31-12-4-13-31)17-26(23)35-27-18-21(8-11-24(27)28)32-14-5-15-32;2-1-3/h6-11,16-18H,4-5,12-15H2,1-3H3;. The number of carbonyl (C=O) groups is 1. The van der Waals surface area contributed by atoms with Crippen LogP contribution >= 0.6 is 0 Å². The molecule has 2 aromatic carbocycles. The highest BCUT2D eigenvalue weighted by atomic mass is 16.4. The van der Waals surface area contributed by atoms with Crippen LogP contribution in [0.15, 0.2) is 59.0 Å². The molecule has 0 amide bonds. The highest BCUT2D eigenvalue weighted by Crippen LogP contribution is 2.43. The Balaban J connectivity index is 0.000000937. The zero-order chi connectivity index (χ0) is 27.0. The lowest BCUT2D eigenvalue weighted by Gasteiger charge is -2.33. The molecule has 0 radical (unpaired) electrons. The summed E-state index contributed by atoms with van der Waals surface area (Å²) < 4.78 is 8.84. The number of fused-ring (bicyclic) bond motifs is 2. The molecule has 0 saturated carbocycles. The molecule has 4 aliphatic rings. The van der Waals surface area contributed by atoms with Crippen LogP contribution in [0.5, 0.6) is 0 Å². The highest BCUT2D eigenvalue weighted by molar-refractivity contribution is 6.07. The van der Waals surface area contributed by atoms with Gasteiger partial charge in [0.05, 0.1) is 18.5 Å². The first-order chi connectivity index (χ1) is 18.2. The fraction of sp³-hybridized carbons (Fsp3) is 0.323. The molecule has 2 fully saturated rings. The number of carboxylic acid groups (broad SMARTS) is 1. The van der Waals surface area contributed by atoms with Gasteiger partial charge in [-0.2, -0.15) is 9.59 Å². The van der Waals surface area contributed by atoms with E-state index in [0.29, 0.717) is 5.56 Å². The lowest BCUT2D eigenvalue weighted by Crippen LogP contribution is -2.40. The lowest BCUT2D eigenvalue weighted by molar-refractivity contribution is -0.255. The summed E-state index contributed by atoms with van der Waals surface area (Å²) in [6, 6.07) is 18.2. The minimum absolute atomic E-state index is 0.126. The zero-order valence-electron chi connectivity index (χ0n) is 21.9. The summed E-state index contributed by atoms with van der Waals surface area (Å²) in [5, 5.41) is 14.3. The van der Waals surface area contributed by atoms with E-state index >= 15 is 0 Å². The second-order valence-corrected chi connectivity index (χ2v) is 10.9. The van der Waals surface area contributed by atoms with E-state index in [9.17, 15) is 9.90 Å². The summed E-state index contributed by atoms with van der Waals surface area (Å²) in [6.45, 7) is 10.6. The summed E-state index contributed by atoms with van der Waals surface area (Å²) in [5.74, 6) is -0.403. The second-order valence-electron chi connectivity index (χ2n) is 10.9. The summed E-state index contributed by atoms with van der Waals surface area (Å²) in [6.07, 6.45) is 2.65. The maximum absolute atomic E-state index is 12.3. The molecule has 0 bridgehead atoms. The Morgan fingerprint density at radius 2 is 1.68 bits per heavy atom. The van der Waals surface area contributed by atoms with Gasteiger partial charge < -0.3 is 19.2 Å². The largest absolute Gasteiger partial charge is 0.545 e. The van der Waals surface area contributed by atoms with Crippen LogP contribution in [-0.2, 0) is 15.0 Å². The van der Waals surface area contributed by atoms with E-state index in [0.717, 1.165) is 70.6 Å². The first kappa shape index (κ1) is 25.4. The molecular weight excluding hydrogens is 480 g/mol. The van der Waals surface area contributed by atoms with Crippen LogP contribution in [0.4, 0.5) is 5.69 Å². The van der Waals surface area contributed by atoms with Gasteiger partial charge in [0.1, 0.15) is 24.4 Å². The third-order valence-corrected chi connectivity index (χ3v) is 7.51. The number of aromatic carboxylic acids is 1. The highest BCUT2D eigenvalue weighted by Gasteiger charge is 2.25. The van der Waals surface area contributed by atoms with E-state index in [1.165, 1.54) is 12.8 Å². The summed E-state index contributed by atoms with van der Waals surface area (Å²) in [7, 11) is 0. The van der Waals surface area contributed by atoms with E-state index in [4.69, 9.17) is 14.0 Å². The molecule has 0 N–H and O–H groups in total. The third-order valence-electron chi connectivity index (χ3n) is 7.51. The van der Waals surface area contributed by atoms with E-state index in [1.807, 2.05) is 12.1 Å². The Morgan fingerprint density at radius 1 is 0.947 bits per heavy atom. The van der Waals surface area contributed by atoms with Crippen LogP contribution in [0, 0.1) is 0 Å². The van der Waals surface area contributed by atoms with E-state index in [-0.39, 0.29) is 17.1 Å². The van der Waals surface area contributed by atoms with Crippen LogP contribution < -0.4 is 19.9 Å². The Kier molecular flexibility index (Phi) is 6.64. The smallest absolute Gasteiger partial charge is 0.373 e. The number of carboxylic acids is 1. The lowest BCUT2D eigenvalue weighted by atomic mass is 9.82. The Labute approximate surface area is 221 Å². The molecule has 2 saturated heterocycles. The van der Waals surface area contributed by atoms with Crippen LogP contribution in [0.25, 0.3) is 33.4 Å². The van der Waals surface area contributed by atoms with Gasteiger partial charge in [0, 0.05) is 53.0 Å². The molecule has 0 atom stereocenters. The van der Waals surface area contributed by atoms with Gasteiger partial charge in [0.15, 0.2) is 0 Å². The number of carbonyl (C=O) groups excluding carboxylic acids is 3. The average Bonchev–Trinajstić information content (AvgIpc) is 2.80. The van der Waals surface area contributed by atoms with Crippen molar-refractivity contribution in [3.8, 4) is 22.5 Å². The van der Waals surface area contributed by atoms with E-state index in [1.54, 1.807) is 6.07 Å². The topological polar surface area (TPSA) is 93.7 Å². The average molecular weight is 511 g/mol. The molecule has 3 heterocycles. The molecule has 194 valence electrons. The Bertz CT molecular complexity index is 1610. The first-order valence-electron chi connectivity index (χ1n) is 12.9. The molecule has 38 heavy (non-hydrogen) atoms. The van der Waals surface area contributed by atoms with Gasteiger partial charge in [0.25, 0.3) is 0 Å². The molecule has 3 aliphatic heterocycles. The van der Waals surface area contributed by atoms with Crippen LogP contribution in [-0.4, -0.2) is 38.3 Å². The number of hydrogen-bond donors (Lipinski definition) is 0. The predicted molar refractivity (Wildman–Crippen MR) is 143 cm³/mol. The SMILES string of the molecule is CC(C)(C)c1ccc(C(=O)[O-])c(-c2c3ccc(=[N+]4CCC4)cc-3oc3cc(N4CCC4)ccc23)c1.O=C=O. The molecule has 0 aromatic heterocycles. The van der Waals surface area contributed by atoms with Gasteiger partial charge in [-0.05, 0) is 47.2 Å². The summed E-state index contributed by atoms with van der Waals surface area (Å²) in [4.78, 5) is 30.8. The number of anilines is 1. The van der Waals surface area contributed by atoms with Crippen molar-refractivity contribution in [3.63, 3.8) is 0 Å². The van der Waals surface area contributed by atoms with Crippen molar-refractivity contribution in [2.24, 2.45) is 0 Å². The maximum atomic E-state index is 12.3. The first-order valence-corrected chi connectivity index (χ1v) is 12.9. The maximum Gasteiger partial charge on any atom is 0.373 e. The quantitative estimate of drug-likeness (QED) is 0.308. The zero-order valence-corrected chi connectivity index (χ0v) is 21.9. The summed E-state index contributed by atoms with van der Waals surface area (Å²) >= 11 is 0. The summed E-state index contributed by atoms with van der Waals surface area (Å²) in [5.41, 5.74) is 5.53. The Hall–Kier alpha value is -4.22. The van der Waals surface area contributed by atoms with Crippen molar-refractivity contribution < 1.29 is 23.9 Å². The van der Waals surface area contributed by atoms with E-state index in [2.05, 4.69) is 66.6 Å². The van der Waals surface area contributed by atoms with Gasteiger partial charge in [0.2, 0.25) is 5.36 Å². The molecule has 7 nitrogen and oxygen atoms in total. The van der Waals surface area contributed by atoms with Crippen LogP contribution in [0.1, 0.15) is 49.5 Å². The predicted octanol–water partition coefficient (Wildman–Crippen LogP) is 3.67. The number of rotatable bonds is 3. The number of hydrogen-bond acceptors (Lipinski definition) is 6. The van der Waals surface area contributed by atoms with Crippen molar-refractivity contribution in [2.45, 2.75) is 39.0 Å². The number of nitrogens with zero attached hydrogens (tertiary/aromatic N) is 2. The van der Waals surface area contributed by atoms with E-state index < -0.39 is 5.97 Å². The Morgan fingerprint density at radius 3 is 2.26 bits per heavy atom. The van der Waals surface area contributed by atoms with Gasteiger partial charge in [-0.15, -0.1) is 0 Å². The van der Waals surface area contributed by atoms with Gasteiger partial charge in [-0.25, -0.2) is 4.58 Å². The molecule has 6 rings (SSSR count). The van der Waals surface area contributed by atoms with Crippen molar-refractivity contribution >= 4 is 28.8 Å². The third kappa shape index (κ3) is 4.61. The molecule has 7 heteroatoms. The fourth-order valence-electron chi connectivity index (χ4n) is 5.10. The van der Waals surface area contributed by atoms with Gasteiger partial charge in [-0.1, -0.05) is 32.9 Å². The van der Waals surface area contributed by atoms with Crippen molar-refractivity contribution in [1.82, 2.24) is 4.58 Å². The second kappa shape index (κ2) is 9.92. The molecular formula is C31H30N2O5. The van der Waals surface area contributed by atoms with Gasteiger partial charge in [-0.3, -0.25) is 0 Å². The normalized spacial score (nSPS) is 14.8. The molecule has 0 spiro atoms. The fourth-order valence-corrected chi connectivity index (χ4v) is 5.10. The number of benzene rings is 3. The van der Waals surface area contributed by atoms with Crippen LogP contribution in [0.3, 0.4) is 0 Å². The minimum Gasteiger partial charge on any atom is -0.545 e.